The van der Waals surface area contributed by atoms with Crippen molar-refractivity contribution >= 4 is 5.78 Å². The second-order valence-electron chi connectivity index (χ2n) is 6.39. The maximum atomic E-state index is 12.8. The molecule has 0 aromatic heterocycles. The minimum absolute atomic E-state index is 0.0803. The number of benzene rings is 1. The molecule has 0 aliphatic carbocycles. The van der Waals surface area contributed by atoms with E-state index in [9.17, 15) is 31.1 Å². The van der Waals surface area contributed by atoms with E-state index in [2.05, 4.69) is 0 Å². The van der Waals surface area contributed by atoms with Crippen LogP contribution in [0.1, 0.15) is 62.1 Å². The molecule has 0 bridgehead atoms. The van der Waals surface area contributed by atoms with E-state index in [-0.39, 0.29) is 30.6 Å². The largest absolute Gasteiger partial charge is 0.416 e. The third-order valence-corrected chi connectivity index (χ3v) is 3.98. The predicted octanol–water partition coefficient (Wildman–Crippen LogP) is 6.73. The number of carbonyl (C=O) groups excluding carboxylic acids is 1. The van der Waals surface area contributed by atoms with E-state index in [1.165, 1.54) is 0 Å². The van der Waals surface area contributed by atoms with Crippen LogP contribution in [0.4, 0.5) is 26.3 Å². The van der Waals surface area contributed by atoms with Crippen LogP contribution in [0, 0.1) is 0 Å². The van der Waals surface area contributed by atoms with Crippen LogP contribution in [-0.2, 0) is 28.5 Å². The standard InChI is InChI=1S/C20H24F6O2/c1-2-18(27)9-7-5-3-4-6-8-10-28-14-15-11-16(19(21,22)23)13-17(12-15)20(24,25)26/h7,9,11-13H,2-6,8,10,14H2,1H3. The zero-order valence-electron chi connectivity index (χ0n) is 15.6. The Morgan fingerprint density at radius 1 is 0.929 bits per heavy atom. The summed E-state index contributed by atoms with van der Waals surface area (Å²) in [6, 6.07) is 1.46. The second kappa shape index (κ2) is 11.2. The van der Waals surface area contributed by atoms with Crippen molar-refractivity contribution in [3.05, 3.63) is 47.0 Å². The molecule has 0 spiro atoms. The number of hydrogen-bond acceptors (Lipinski definition) is 2. The number of carbonyl (C=O) groups is 1. The zero-order valence-corrected chi connectivity index (χ0v) is 15.6. The lowest BCUT2D eigenvalue weighted by atomic mass is 10.1. The third kappa shape index (κ3) is 9.39. The lowest BCUT2D eigenvalue weighted by Gasteiger charge is -2.14. The topological polar surface area (TPSA) is 26.3 Å². The van der Waals surface area contributed by atoms with Gasteiger partial charge in [0.05, 0.1) is 17.7 Å². The van der Waals surface area contributed by atoms with Crippen molar-refractivity contribution in [1.82, 2.24) is 0 Å². The Morgan fingerprint density at radius 3 is 2.04 bits per heavy atom. The highest BCUT2D eigenvalue weighted by atomic mass is 19.4. The Bertz CT molecular complexity index is 615. The molecule has 0 unspecified atom stereocenters. The monoisotopic (exact) mass is 410 g/mol. The molecule has 0 saturated carbocycles. The van der Waals surface area contributed by atoms with E-state index in [1.54, 1.807) is 13.0 Å². The van der Waals surface area contributed by atoms with E-state index in [1.807, 2.05) is 6.08 Å². The van der Waals surface area contributed by atoms with Gasteiger partial charge in [0, 0.05) is 13.0 Å². The fourth-order valence-corrected chi connectivity index (χ4v) is 2.45. The Balaban J connectivity index is 2.39. The summed E-state index contributed by atoms with van der Waals surface area (Å²) in [5.74, 6) is 0.0803. The van der Waals surface area contributed by atoms with Crippen LogP contribution in [0.25, 0.3) is 0 Å². The van der Waals surface area contributed by atoms with Crippen LogP contribution in [0.3, 0.4) is 0 Å². The molecule has 0 radical (unpaired) electrons. The third-order valence-electron chi connectivity index (χ3n) is 3.98. The summed E-state index contributed by atoms with van der Waals surface area (Å²) >= 11 is 0. The summed E-state index contributed by atoms with van der Waals surface area (Å²) in [5, 5.41) is 0. The van der Waals surface area contributed by atoms with E-state index in [0.717, 1.165) is 25.7 Å². The Kier molecular flexibility index (Phi) is 9.72. The number of halogens is 6. The number of alkyl halides is 6. The van der Waals surface area contributed by atoms with Gasteiger partial charge in [-0.2, -0.15) is 26.3 Å². The minimum Gasteiger partial charge on any atom is -0.377 e. The highest BCUT2D eigenvalue weighted by Gasteiger charge is 2.36. The first-order valence-electron chi connectivity index (χ1n) is 9.09. The quantitative estimate of drug-likeness (QED) is 0.230. The van der Waals surface area contributed by atoms with Gasteiger partial charge in [0.2, 0.25) is 0 Å². The van der Waals surface area contributed by atoms with Crippen LogP contribution < -0.4 is 0 Å². The van der Waals surface area contributed by atoms with Crippen LogP contribution in [0.5, 0.6) is 0 Å². The van der Waals surface area contributed by atoms with Crippen molar-refractivity contribution in [2.45, 2.75) is 64.4 Å². The molecule has 8 heteroatoms. The average molecular weight is 410 g/mol. The van der Waals surface area contributed by atoms with Crippen LogP contribution in [-0.4, -0.2) is 12.4 Å². The normalized spacial score (nSPS) is 12.7. The lowest BCUT2D eigenvalue weighted by molar-refractivity contribution is -0.143. The molecule has 1 aromatic carbocycles. The number of unbranched alkanes of at least 4 members (excludes halogenated alkanes) is 4. The van der Waals surface area contributed by atoms with Crippen molar-refractivity contribution in [3.63, 3.8) is 0 Å². The summed E-state index contributed by atoms with van der Waals surface area (Å²) in [6.07, 6.45) is -1.78. The Morgan fingerprint density at radius 2 is 1.50 bits per heavy atom. The first-order valence-corrected chi connectivity index (χ1v) is 9.09. The van der Waals surface area contributed by atoms with Gasteiger partial charge >= 0.3 is 12.4 Å². The van der Waals surface area contributed by atoms with Gasteiger partial charge in [-0.25, -0.2) is 0 Å². The highest BCUT2D eigenvalue weighted by Crippen LogP contribution is 2.36. The van der Waals surface area contributed by atoms with E-state index >= 15 is 0 Å². The molecular formula is C20H24F6O2. The summed E-state index contributed by atoms with van der Waals surface area (Å²) in [7, 11) is 0. The fraction of sp³-hybridized carbons (Fsp3) is 0.550. The summed E-state index contributed by atoms with van der Waals surface area (Å²) < 4.78 is 81.9. The van der Waals surface area contributed by atoms with Crippen LogP contribution in [0.2, 0.25) is 0 Å². The summed E-state index contributed by atoms with van der Waals surface area (Å²) in [5.41, 5.74) is -2.83. The van der Waals surface area contributed by atoms with Gasteiger partial charge in [0.15, 0.2) is 5.78 Å². The molecule has 0 aliphatic heterocycles. The van der Waals surface area contributed by atoms with E-state index in [0.29, 0.717) is 25.0 Å². The number of rotatable bonds is 11. The molecule has 0 saturated heterocycles. The molecule has 28 heavy (non-hydrogen) atoms. The molecule has 0 heterocycles. The summed E-state index contributed by atoms with van der Waals surface area (Å²) in [6.45, 7) is 1.73. The molecular weight excluding hydrogens is 386 g/mol. The molecule has 0 atom stereocenters. The summed E-state index contributed by atoms with van der Waals surface area (Å²) in [4.78, 5) is 11.1. The first kappa shape index (κ1) is 24.2. The number of hydrogen-bond donors (Lipinski definition) is 0. The van der Waals surface area contributed by atoms with Gasteiger partial charge in [-0.1, -0.05) is 25.8 Å². The van der Waals surface area contributed by atoms with Crippen LogP contribution in [0.15, 0.2) is 30.4 Å². The van der Waals surface area contributed by atoms with Crippen molar-refractivity contribution in [3.8, 4) is 0 Å². The number of ketones is 1. The second-order valence-corrected chi connectivity index (χ2v) is 6.39. The van der Waals surface area contributed by atoms with Gasteiger partial charge in [-0.05, 0) is 49.1 Å². The van der Waals surface area contributed by atoms with E-state index in [4.69, 9.17) is 4.74 Å². The van der Waals surface area contributed by atoms with Gasteiger partial charge in [0.1, 0.15) is 0 Å². The van der Waals surface area contributed by atoms with Crippen molar-refractivity contribution in [1.29, 1.82) is 0 Å². The first-order chi connectivity index (χ1) is 13.0. The molecule has 0 amide bonds. The molecule has 1 aromatic rings. The maximum absolute atomic E-state index is 12.8. The SMILES string of the molecule is CCC(=O)C=CCCCCCCOCc1cc(C(F)(F)F)cc(C(F)(F)F)c1. The number of allylic oxidation sites excluding steroid dienone is 2. The Hall–Kier alpha value is -1.83. The highest BCUT2D eigenvalue weighted by molar-refractivity contribution is 5.89. The molecule has 0 aliphatic rings. The van der Waals surface area contributed by atoms with Crippen molar-refractivity contribution < 1.29 is 35.9 Å². The maximum Gasteiger partial charge on any atom is 0.416 e. The molecule has 158 valence electrons. The minimum atomic E-state index is -4.85. The van der Waals surface area contributed by atoms with Gasteiger partial charge in [-0.3, -0.25) is 4.79 Å². The molecule has 0 N–H and O–H groups in total. The lowest BCUT2D eigenvalue weighted by Crippen LogP contribution is -2.12. The van der Waals surface area contributed by atoms with Gasteiger partial charge in [-0.15, -0.1) is 0 Å². The Labute approximate surface area is 160 Å². The molecule has 2 nitrogen and oxygen atoms in total. The molecule has 0 fully saturated rings. The van der Waals surface area contributed by atoms with E-state index < -0.39 is 23.5 Å². The van der Waals surface area contributed by atoms with Crippen LogP contribution >= 0.6 is 0 Å². The predicted molar refractivity (Wildman–Crippen MR) is 93.6 cm³/mol. The average Bonchev–Trinajstić information content (AvgIpc) is 2.61. The fourth-order valence-electron chi connectivity index (χ4n) is 2.45. The zero-order chi connectivity index (χ0) is 21.2. The molecule has 1 rings (SSSR count). The van der Waals surface area contributed by atoms with Crippen molar-refractivity contribution in [2.24, 2.45) is 0 Å². The van der Waals surface area contributed by atoms with Gasteiger partial charge < -0.3 is 4.74 Å². The van der Waals surface area contributed by atoms with Gasteiger partial charge in [0.25, 0.3) is 0 Å². The number of ether oxygens (including phenoxy) is 1. The van der Waals surface area contributed by atoms with Crippen molar-refractivity contribution in [2.75, 3.05) is 6.61 Å². The smallest absolute Gasteiger partial charge is 0.377 e.